The van der Waals surface area contributed by atoms with Crippen LogP contribution in [0.2, 0.25) is 0 Å². The maximum atomic E-state index is 12.5. The van der Waals surface area contributed by atoms with Crippen molar-refractivity contribution in [3.63, 3.8) is 0 Å². The molecule has 1 aliphatic heterocycles. The van der Waals surface area contributed by atoms with Crippen molar-refractivity contribution in [2.24, 2.45) is 5.92 Å². The minimum atomic E-state index is -4.68. The van der Waals surface area contributed by atoms with E-state index in [0.29, 0.717) is 24.7 Å². The number of ketones is 1. The first kappa shape index (κ1) is 20.0. The highest BCUT2D eigenvalue weighted by molar-refractivity contribution is 5.83. The van der Waals surface area contributed by atoms with Gasteiger partial charge in [-0.25, -0.2) is 0 Å². The number of nitrogens with one attached hydrogen (secondary N) is 1. The summed E-state index contributed by atoms with van der Waals surface area (Å²) in [5, 5.41) is 3.67. The number of carbonyl (C=O) groups excluding carboxylic acids is 1. The van der Waals surface area contributed by atoms with Gasteiger partial charge >= 0.3 is 6.36 Å². The van der Waals surface area contributed by atoms with Crippen LogP contribution < -0.4 is 10.1 Å². The van der Waals surface area contributed by atoms with Crippen molar-refractivity contribution in [3.8, 4) is 5.75 Å². The van der Waals surface area contributed by atoms with Gasteiger partial charge in [-0.3, -0.25) is 4.79 Å². The Morgan fingerprint density at radius 3 is 2.21 bits per heavy atom. The fourth-order valence-corrected chi connectivity index (χ4v) is 4.51. The summed E-state index contributed by atoms with van der Waals surface area (Å²) in [4.78, 5) is 12.5. The molecule has 0 aromatic heterocycles. The van der Waals surface area contributed by atoms with E-state index in [1.807, 2.05) is 24.3 Å². The van der Waals surface area contributed by atoms with E-state index in [1.54, 1.807) is 12.1 Å². The van der Waals surface area contributed by atoms with Gasteiger partial charge in [-0.05, 0) is 48.1 Å². The van der Waals surface area contributed by atoms with Gasteiger partial charge in [-0.15, -0.1) is 13.2 Å². The predicted octanol–water partition coefficient (Wildman–Crippen LogP) is 5.34. The molecule has 2 aliphatic rings. The third kappa shape index (κ3) is 4.99. The van der Waals surface area contributed by atoms with Crippen LogP contribution in [0.25, 0.3) is 0 Å². The van der Waals surface area contributed by atoms with Crippen LogP contribution in [0.15, 0.2) is 48.5 Å². The van der Waals surface area contributed by atoms with E-state index in [0.717, 1.165) is 36.0 Å². The average Bonchev–Trinajstić information content (AvgIpc) is 2.69. The number of carbonyl (C=O) groups is 1. The maximum Gasteiger partial charge on any atom is 0.573 e. The number of Topliss-reactive ketones (excluding diaryl/α,β-unsaturated/α-hetero) is 1. The van der Waals surface area contributed by atoms with Crippen molar-refractivity contribution in [1.29, 1.82) is 0 Å². The lowest BCUT2D eigenvalue weighted by atomic mass is 9.76. The number of ether oxygens (including phenoxy) is 1. The van der Waals surface area contributed by atoms with Crippen LogP contribution in [0.5, 0.6) is 5.75 Å². The number of hydrogen-bond donors (Lipinski definition) is 1. The Balaban J connectivity index is 1.38. The molecule has 0 bridgehead atoms. The molecule has 0 spiro atoms. The van der Waals surface area contributed by atoms with E-state index in [1.165, 1.54) is 18.6 Å². The molecule has 1 saturated carbocycles. The summed E-state index contributed by atoms with van der Waals surface area (Å²) in [7, 11) is 0. The molecule has 3 atom stereocenters. The van der Waals surface area contributed by atoms with E-state index >= 15 is 0 Å². The molecule has 3 unspecified atom stereocenters. The smallest absolute Gasteiger partial charge is 0.406 e. The normalized spacial score (nSPS) is 24.8. The van der Waals surface area contributed by atoms with Crippen molar-refractivity contribution in [2.75, 3.05) is 0 Å². The molecule has 1 heterocycles. The summed E-state index contributed by atoms with van der Waals surface area (Å²) in [6.07, 6.45) is 0.893. The SMILES string of the molecule is O=C1CC(c2ccc(Cc3ccc(OC(F)(F)F)cc3)cc2)NC2CCCCC12. The van der Waals surface area contributed by atoms with E-state index in [9.17, 15) is 18.0 Å². The number of piperidine rings is 1. The van der Waals surface area contributed by atoms with Gasteiger partial charge in [0.15, 0.2) is 0 Å². The van der Waals surface area contributed by atoms with E-state index < -0.39 is 6.36 Å². The predicted molar refractivity (Wildman–Crippen MR) is 104 cm³/mol. The molecule has 0 amide bonds. The highest BCUT2D eigenvalue weighted by atomic mass is 19.4. The van der Waals surface area contributed by atoms with Gasteiger partial charge in [-0.1, -0.05) is 49.2 Å². The lowest BCUT2D eigenvalue weighted by Crippen LogP contribution is -2.49. The van der Waals surface area contributed by atoms with Gasteiger partial charge in [0.25, 0.3) is 0 Å². The summed E-state index contributed by atoms with van der Waals surface area (Å²) >= 11 is 0. The summed E-state index contributed by atoms with van der Waals surface area (Å²) in [5.74, 6) is 0.345. The molecule has 0 radical (unpaired) electrons. The first-order chi connectivity index (χ1) is 13.9. The zero-order valence-electron chi connectivity index (χ0n) is 16.0. The quantitative estimate of drug-likeness (QED) is 0.749. The fourth-order valence-electron chi connectivity index (χ4n) is 4.51. The first-order valence-corrected chi connectivity index (χ1v) is 10.1. The van der Waals surface area contributed by atoms with E-state index in [2.05, 4.69) is 10.1 Å². The molecular formula is C23H24F3NO2. The minimum absolute atomic E-state index is 0.0645. The molecule has 2 fully saturated rings. The molecule has 1 aliphatic carbocycles. The second kappa shape index (κ2) is 8.19. The van der Waals surface area contributed by atoms with E-state index in [-0.39, 0.29) is 17.7 Å². The monoisotopic (exact) mass is 403 g/mol. The first-order valence-electron chi connectivity index (χ1n) is 10.1. The average molecular weight is 403 g/mol. The molecule has 29 heavy (non-hydrogen) atoms. The minimum Gasteiger partial charge on any atom is -0.406 e. The number of rotatable bonds is 4. The maximum absolute atomic E-state index is 12.5. The van der Waals surface area contributed by atoms with Crippen LogP contribution in [-0.2, 0) is 11.2 Å². The van der Waals surface area contributed by atoms with E-state index in [4.69, 9.17) is 0 Å². The van der Waals surface area contributed by atoms with Crippen LogP contribution in [-0.4, -0.2) is 18.2 Å². The Morgan fingerprint density at radius 1 is 0.931 bits per heavy atom. The Morgan fingerprint density at radius 2 is 1.55 bits per heavy atom. The second-order valence-electron chi connectivity index (χ2n) is 8.00. The zero-order valence-corrected chi connectivity index (χ0v) is 16.0. The summed E-state index contributed by atoms with van der Waals surface area (Å²) in [5.41, 5.74) is 3.08. The van der Waals surface area contributed by atoms with Gasteiger partial charge in [0.05, 0.1) is 0 Å². The zero-order chi connectivity index (χ0) is 20.4. The highest BCUT2D eigenvalue weighted by Gasteiger charge is 2.37. The summed E-state index contributed by atoms with van der Waals surface area (Å²) in [6.45, 7) is 0. The summed E-state index contributed by atoms with van der Waals surface area (Å²) < 4.78 is 40.6. The second-order valence-corrected chi connectivity index (χ2v) is 8.00. The van der Waals surface area contributed by atoms with Crippen LogP contribution >= 0.6 is 0 Å². The number of fused-ring (bicyclic) bond motifs is 1. The largest absolute Gasteiger partial charge is 0.573 e. The van der Waals surface area contributed by atoms with Gasteiger partial charge in [0.2, 0.25) is 0 Å². The standard InChI is InChI=1S/C23H24F3NO2/c24-23(25,26)29-18-11-7-16(8-12-18)13-15-5-9-17(10-6-15)21-14-22(28)19-3-1-2-4-20(19)27-21/h5-12,19-21,27H,1-4,13-14H2. The topological polar surface area (TPSA) is 38.3 Å². The Labute approximate surface area is 168 Å². The third-order valence-corrected chi connectivity index (χ3v) is 5.95. The molecule has 4 rings (SSSR count). The molecule has 6 heteroatoms. The van der Waals surface area contributed by atoms with Crippen LogP contribution in [0, 0.1) is 5.92 Å². The molecule has 2 aromatic carbocycles. The number of halogens is 3. The molecule has 154 valence electrons. The molecular weight excluding hydrogens is 379 g/mol. The van der Waals surface area contributed by atoms with Gasteiger partial charge in [0.1, 0.15) is 11.5 Å². The lowest BCUT2D eigenvalue weighted by Gasteiger charge is -2.39. The third-order valence-electron chi connectivity index (χ3n) is 5.95. The van der Waals surface area contributed by atoms with Gasteiger partial charge < -0.3 is 10.1 Å². The lowest BCUT2D eigenvalue weighted by molar-refractivity contribution is -0.274. The van der Waals surface area contributed by atoms with Crippen LogP contribution in [0.4, 0.5) is 13.2 Å². The van der Waals surface area contributed by atoms with Crippen molar-refractivity contribution >= 4 is 5.78 Å². The molecule has 1 N–H and O–H groups in total. The van der Waals surface area contributed by atoms with Gasteiger partial charge in [0, 0.05) is 24.4 Å². The number of alkyl halides is 3. The number of benzene rings is 2. The van der Waals surface area contributed by atoms with Crippen molar-refractivity contribution in [2.45, 2.75) is 57.0 Å². The van der Waals surface area contributed by atoms with Crippen LogP contribution in [0.3, 0.4) is 0 Å². The van der Waals surface area contributed by atoms with Crippen LogP contribution in [0.1, 0.15) is 54.8 Å². The Kier molecular flexibility index (Phi) is 5.63. The highest BCUT2D eigenvalue weighted by Crippen LogP contribution is 2.35. The van der Waals surface area contributed by atoms with Gasteiger partial charge in [-0.2, -0.15) is 0 Å². The van der Waals surface area contributed by atoms with Crippen molar-refractivity contribution < 1.29 is 22.7 Å². The number of hydrogen-bond acceptors (Lipinski definition) is 3. The molecule has 2 aromatic rings. The summed E-state index contributed by atoms with van der Waals surface area (Å²) in [6, 6.07) is 14.4. The molecule has 1 saturated heterocycles. The fraction of sp³-hybridized carbons (Fsp3) is 0.435. The van der Waals surface area contributed by atoms with Crippen molar-refractivity contribution in [3.05, 3.63) is 65.2 Å². The Hall–Kier alpha value is -2.34. The van der Waals surface area contributed by atoms with Crippen molar-refractivity contribution in [1.82, 2.24) is 5.32 Å². The molecule has 3 nitrogen and oxygen atoms in total. The Bertz CT molecular complexity index is 846.